The molecule has 0 aliphatic carbocycles. The summed E-state index contributed by atoms with van der Waals surface area (Å²) in [6.07, 6.45) is 1.94. The normalized spacial score (nSPS) is 11.1. The van der Waals surface area contributed by atoms with Crippen molar-refractivity contribution in [1.82, 2.24) is 15.3 Å². The maximum absolute atomic E-state index is 4.50. The number of rotatable bonds is 5. The molecule has 0 spiro atoms. The van der Waals surface area contributed by atoms with Crippen molar-refractivity contribution in [2.45, 2.75) is 23.5 Å². The molecule has 0 saturated carbocycles. The number of pyridine rings is 1. The highest BCUT2D eigenvalue weighted by Crippen LogP contribution is 2.28. The van der Waals surface area contributed by atoms with Crippen LogP contribution in [0.15, 0.2) is 58.7 Å². The van der Waals surface area contributed by atoms with E-state index in [-0.39, 0.29) is 0 Å². The fourth-order valence-electron chi connectivity index (χ4n) is 2.06. The fourth-order valence-corrected chi connectivity index (χ4v) is 2.87. The van der Waals surface area contributed by atoms with Crippen molar-refractivity contribution >= 4 is 22.7 Å². The quantitative estimate of drug-likeness (QED) is 0.748. The zero-order valence-electron chi connectivity index (χ0n) is 11.4. The Morgan fingerprint density at radius 2 is 2.10 bits per heavy atom. The van der Waals surface area contributed by atoms with Crippen LogP contribution in [0.2, 0.25) is 0 Å². The molecule has 4 heteroatoms. The van der Waals surface area contributed by atoms with Gasteiger partial charge < -0.3 is 10.3 Å². The number of benzene rings is 1. The van der Waals surface area contributed by atoms with Crippen molar-refractivity contribution in [2.75, 3.05) is 6.54 Å². The van der Waals surface area contributed by atoms with Crippen LogP contribution in [0.5, 0.6) is 0 Å². The standard InChI is InChI=1S/C16H17N3S/c1-2-17-10-12-7-8-15(18-11-12)20-16-9-13-5-3-4-6-14(13)19-16/h3-9,11,17,19H,2,10H2,1H3. The Morgan fingerprint density at radius 3 is 2.85 bits per heavy atom. The van der Waals surface area contributed by atoms with Crippen LogP contribution in [0.25, 0.3) is 10.9 Å². The fraction of sp³-hybridized carbons (Fsp3) is 0.188. The maximum Gasteiger partial charge on any atom is 0.102 e. The van der Waals surface area contributed by atoms with Crippen LogP contribution in [-0.4, -0.2) is 16.5 Å². The largest absolute Gasteiger partial charge is 0.349 e. The molecular formula is C16H17N3S. The SMILES string of the molecule is CCNCc1ccc(Sc2cc3ccccc3[nH]2)nc1. The van der Waals surface area contributed by atoms with E-state index < -0.39 is 0 Å². The first-order chi connectivity index (χ1) is 9.85. The average molecular weight is 283 g/mol. The Hall–Kier alpha value is -1.78. The second kappa shape index (κ2) is 6.11. The van der Waals surface area contributed by atoms with E-state index in [1.165, 1.54) is 16.5 Å². The zero-order chi connectivity index (χ0) is 13.8. The first-order valence-corrected chi connectivity index (χ1v) is 7.58. The number of fused-ring (bicyclic) bond motifs is 1. The molecule has 0 amide bonds. The Labute approximate surface area is 122 Å². The lowest BCUT2D eigenvalue weighted by Gasteiger charge is -2.02. The van der Waals surface area contributed by atoms with Gasteiger partial charge in [-0.3, -0.25) is 0 Å². The molecule has 1 aromatic carbocycles. The van der Waals surface area contributed by atoms with E-state index in [0.717, 1.165) is 23.1 Å². The van der Waals surface area contributed by atoms with Gasteiger partial charge in [0.1, 0.15) is 5.03 Å². The summed E-state index contributed by atoms with van der Waals surface area (Å²) in [5.74, 6) is 0. The molecule has 0 aliphatic heterocycles. The minimum absolute atomic E-state index is 0.876. The lowest BCUT2D eigenvalue weighted by atomic mass is 10.3. The first-order valence-electron chi connectivity index (χ1n) is 6.76. The molecule has 3 rings (SSSR count). The molecule has 0 aliphatic rings. The number of hydrogen-bond donors (Lipinski definition) is 2. The molecule has 20 heavy (non-hydrogen) atoms. The smallest absolute Gasteiger partial charge is 0.102 e. The monoisotopic (exact) mass is 283 g/mol. The number of nitrogens with one attached hydrogen (secondary N) is 2. The second-order valence-electron chi connectivity index (χ2n) is 4.61. The van der Waals surface area contributed by atoms with Crippen LogP contribution in [0.3, 0.4) is 0 Å². The summed E-state index contributed by atoms with van der Waals surface area (Å²) in [4.78, 5) is 7.90. The lowest BCUT2D eigenvalue weighted by Crippen LogP contribution is -2.11. The minimum atomic E-state index is 0.876. The van der Waals surface area contributed by atoms with Crippen molar-refractivity contribution in [2.24, 2.45) is 0 Å². The summed E-state index contributed by atoms with van der Waals surface area (Å²) >= 11 is 1.66. The van der Waals surface area contributed by atoms with Gasteiger partial charge in [-0.2, -0.15) is 0 Å². The molecule has 0 atom stereocenters. The Morgan fingerprint density at radius 1 is 1.20 bits per heavy atom. The number of para-hydroxylation sites is 1. The third kappa shape index (κ3) is 3.03. The summed E-state index contributed by atoms with van der Waals surface area (Å²) in [6.45, 7) is 3.96. The van der Waals surface area contributed by atoms with Crippen LogP contribution in [0.4, 0.5) is 0 Å². The molecule has 3 nitrogen and oxygen atoms in total. The summed E-state index contributed by atoms with van der Waals surface area (Å²) in [5.41, 5.74) is 2.38. The van der Waals surface area contributed by atoms with E-state index in [4.69, 9.17) is 0 Å². The van der Waals surface area contributed by atoms with Crippen molar-refractivity contribution in [3.05, 3.63) is 54.2 Å². The molecule has 0 bridgehead atoms. The number of aromatic nitrogens is 2. The van der Waals surface area contributed by atoms with E-state index in [9.17, 15) is 0 Å². The highest BCUT2D eigenvalue weighted by Gasteiger charge is 2.03. The Balaban J connectivity index is 1.73. The van der Waals surface area contributed by atoms with Gasteiger partial charge in [0, 0.05) is 23.6 Å². The zero-order valence-corrected chi connectivity index (χ0v) is 12.2. The average Bonchev–Trinajstić information content (AvgIpc) is 2.89. The highest BCUT2D eigenvalue weighted by atomic mass is 32.2. The van der Waals surface area contributed by atoms with Gasteiger partial charge in [-0.1, -0.05) is 43.0 Å². The highest BCUT2D eigenvalue weighted by molar-refractivity contribution is 7.99. The summed E-state index contributed by atoms with van der Waals surface area (Å²) in [6, 6.07) is 14.7. The predicted octanol–water partition coefficient (Wildman–Crippen LogP) is 3.82. The van der Waals surface area contributed by atoms with Crippen molar-refractivity contribution in [3.8, 4) is 0 Å². The van der Waals surface area contributed by atoms with E-state index in [0.29, 0.717) is 0 Å². The van der Waals surface area contributed by atoms with Gasteiger partial charge >= 0.3 is 0 Å². The Bertz CT molecular complexity index is 655. The van der Waals surface area contributed by atoms with Gasteiger partial charge in [0.15, 0.2) is 0 Å². The first kappa shape index (κ1) is 13.2. The molecule has 0 radical (unpaired) electrons. The van der Waals surface area contributed by atoms with E-state index in [1.807, 2.05) is 12.3 Å². The molecule has 2 N–H and O–H groups in total. The number of hydrogen-bond acceptors (Lipinski definition) is 3. The summed E-state index contributed by atoms with van der Waals surface area (Å²) < 4.78 is 0. The third-order valence-electron chi connectivity index (χ3n) is 3.10. The number of nitrogens with zero attached hydrogens (tertiary/aromatic N) is 1. The van der Waals surface area contributed by atoms with Gasteiger partial charge in [-0.25, -0.2) is 4.98 Å². The second-order valence-corrected chi connectivity index (χ2v) is 5.67. The molecule has 0 fully saturated rings. The van der Waals surface area contributed by atoms with Crippen LogP contribution in [0, 0.1) is 0 Å². The van der Waals surface area contributed by atoms with Crippen molar-refractivity contribution in [1.29, 1.82) is 0 Å². The van der Waals surface area contributed by atoms with Gasteiger partial charge in [0.2, 0.25) is 0 Å². The van der Waals surface area contributed by atoms with Crippen LogP contribution < -0.4 is 5.32 Å². The van der Waals surface area contributed by atoms with E-state index in [2.05, 4.69) is 58.6 Å². The number of H-pyrrole nitrogens is 1. The molecule has 3 aromatic rings. The van der Waals surface area contributed by atoms with Gasteiger partial charge in [0.25, 0.3) is 0 Å². The van der Waals surface area contributed by atoms with Crippen molar-refractivity contribution in [3.63, 3.8) is 0 Å². The van der Waals surface area contributed by atoms with Gasteiger partial charge in [-0.05, 0) is 30.3 Å². The lowest BCUT2D eigenvalue weighted by molar-refractivity contribution is 0.723. The van der Waals surface area contributed by atoms with Gasteiger partial charge in [0.05, 0.1) is 5.03 Å². The van der Waals surface area contributed by atoms with Gasteiger partial charge in [-0.15, -0.1) is 0 Å². The van der Waals surface area contributed by atoms with Crippen LogP contribution in [-0.2, 0) is 6.54 Å². The molecule has 102 valence electrons. The van der Waals surface area contributed by atoms with Crippen LogP contribution in [0.1, 0.15) is 12.5 Å². The third-order valence-corrected chi connectivity index (χ3v) is 3.99. The maximum atomic E-state index is 4.50. The minimum Gasteiger partial charge on any atom is -0.349 e. The summed E-state index contributed by atoms with van der Waals surface area (Å²) in [5, 5.41) is 6.67. The molecule has 0 unspecified atom stereocenters. The molecular weight excluding hydrogens is 266 g/mol. The van der Waals surface area contributed by atoms with Crippen LogP contribution >= 0.6 is 11.8 Å². The topological polar surface area (TPSA) is 40.7 Å². The number of aromatic amines is 1. The van der Waals surface area contributed by atoms with Crippen molar-refractivity contribution < 1.29 is 0 Å². The molecule has 2 heterocycles. The summed E-state index contributed by atoms with van der Waals surface area (Å²) in [7, 11) is 0. The van der Waals surface area contributed by atoms with E-state index in [1.54, 1.807) is 11.8 Å². The molecule has 2 aromatic heterocycles. The Kier molecular flexibility index (Phi) is 4.04. The predicted molar refractivity (Wildman–Crippen MR) is 84.0 cm³/mol. The molecule has 0 saturated heterocycles. The van der Waals surface area contributed by atoms with E-state index >= 15 is 0 Å².